The number of methoxy groups -OCH3 is 1. The average Bonchev–Trinajstić information content (AvgIpc) is 2.24. The number of nitrogens with two attached hydrogens (primary N) is 1. The van der Waals surface area contributed by atoms with Crippen LogP contribution in [0.3, 0.4) is 0 Å². The van der Waals surface area contributed by atoms with E-state index in [1.807, 2.05) is 14.0 Å². The van der Waals surface area contributed by atoms with E-state index < -0.39 is 0 Å². The van der Waals surface area contributed by atoms with Crippen LogP contribution in [0, 0.1) is 5.92 Å². The number of rotatable bonds is 7. The maximum absolute atomic E-state index is 11.8. The molecule has 4 nitrogen and oxygen atoms in total. The molecule has 0 aliphatic carbocycles. The Morgan fingerprint density at radius 3 is 2.53 bits per heavy atom. The number of nitrogens with zero attached hydrogens (tertiary/aromatic N) is 1. The van der Waals surface area contributed by atoms with E-state index in [9.17, 15) is 4.79 Å². The molecular weight excluding hydrogens is 192 g/mol. The highest BCUT2D eigenvalue weighted by atomic mass is 16.5. The van der Waals surface area contributed by atoms with Crippen LogP contribution in [0.25, 0.3) is 0 Å². The number of ether oxygens (including phenoxy) is 1. The Morgan fingerprint density at radius 2 is 2.13 bits per heavy atom. The molecular formula is C11H24N2O2. The fourth-order valence-corrected chi connectivity index (χ4v) is 1.38. The number of likely N-dealkylation sites (N-methyl/N-ethyl adjacent to an activating group) is 1. The molecule has 0 spiro atoms. The van der Waals surface area contributed by atoms with Crippen LogP contribution in [0.4, 0.5) is 0 Å². The van der Waals surface area contributed by atoms with Gasteiger partial charge in [-0.15, -0.1) is 0 Å². The Balaban J connectivity index is 4.07. The maximum Gasteiger partial charge on any atom is 0.222 e. The smallest absolute Gasteiger partial charge is 0.222 e. The zero-order valence-corrected chi connectivity index (χ0v) is 10.3. The van der Waals surface area contributed by atoms with E-state index in [4.69, 9.17) is 10.5 Å². The molecule has 0 aromatic heterocycles. The van der Waals surface area contributed by atoms with Crippen molar-refractivity contribution < 1.29 is 9.53 Å². The Labute approximate surface area is 92.8 Å². The van der Waals surface area contributed by atoms with Gasteiger partial charge in [-0.3, -0.25) is 4.79 Å². The molecule has 0 aromatic carbocycles. The monoisotopic (exact) mass is 216 g/mol. The van der Waals surface area contributed by atoms with Crippen LogP contribution < -0.4 is 5.73 Å². The van der Waals surface area contributed by atoms with Crippen molar-refractivity contribution >= 4 is 5.91 Å². The lowest BCUT2D eigenvalue weighted by atomic mass is 10.0. The molecule has 2 N–H and O–H groups in total. The molecule has 1 amide bonds. The van der Waals surface area contributed by atoms with E-state index in [2.05, 4.69) is 6.92 Å². The predicted octanol–water partition coefficient (Wildman–Crippen LogP) is 0.855. The highest BCUT2D eigenvalue weighted by molar-refractivity contribution is 5.76. The summed E-state index contributed by atoms with van der Waals surface area (Å²) in [6, 6.07) is 0.123. The number of hydrogen-bond acceptors (Lipinski definition) is 3. The normalized spacial score (nSPS) is 14.7. The summed E-state index contributed by atoms with van der Waals surface area (Å²) in [7, 11) is 3.46. The van der Waals surface area contributed by atoms with Crippen molar-refractivity contribution in [3.8, 4) is 0 Å². The molecule has 0 saturated carbocycles. The third-order valence-corrected chi connectivity index (χ3v) is 2.84. The van der Waals surface area contributed by atoms with Gasteiger partial charge in [0.15, 0.2) is 0 Å². The van der Waals surface area contributed by atoms with Crippen LogP contribution in [0.1, 0.15) is 26.7 Å². The van der Waals surface area contributed by atoms with E-state index in [0.717, 1.165) is 6.42 Å². The highest BCUT2D eigenvalue weighted by Gasteiger charge is 2.18. The van der Waals surface area contributed by atoms with Crippen LogP contribution in [0.5, 0.6) is 0 Å². The zero-order chi connectivity index (χ0) is 11.8. The lowest BCUT2D eigenvalue weighted by Crippen LogP contribution is -2.39. The quantitative estimate of drug-likeness (QED) is 0.686. The Bertz CT molecular complexity index is 181. The van der Waals surface area contributed by atoms with Crippen molar-refractivity contribution in [1.82, 2.24) is 4.90 Å². The Hall–Kier alpha value is -0.610. The summed E-state index contributed by atoms with van der Waals surface area (Å²) in [5.41, 5.74) is 5.57. The minimum atomic E-state index is 0.123. The summed E-state index contributed by atoms with van der Waals surface area (Å²) in [5.74, 6) is 0.451. The molecule has 90 valence electrons. The van der Waals surface area contributed by atoms with Gasteiger partial charge < -0.3 is 15.4 Å². The van der Waals surface area contributed by atoms with Crippen molar-refractivity contribution in [2.45, 2.75) is 32.7 Å². The van der Waals surface area contributed by atoms with Crippen LogP contribution in [-0.4, -0.2) is 44.2 Å². The molecule has 2 unspecified atom stereocenters. The fourth-order valence-electron chi connectivity index (χ4n) is 1.38. The molecule has 0 rings (SSSR count). The lowest BCUT2D eigenvalue weighted by molar-refractivity contribution is -0.133. The summed E-state index contributed by atoms with van der Waals surface area (Å²) in [5, 5.41) is 0. The van der Waals surface area contributed by atoms with Gasteiger partial charge in [0, 0.05) is 20.6 Å². The zero-order valence-electron chi connectivity index (χ0n) is 10.3. The number of carbonyl (C=O) groups is 1. The summed E-state index contributed by atoms with van der Waals surface area (Å²) in [6.45, 7) is 5.19. The maximum atomic E-state index is 11.8. The van der Waals surface area contributed by atoms with Gasteiger partial charge in [-0.05, 0) is 19.4 Å². The van der Waals surface area contributed by atoms with Gasteiger partial charge in [-0.2, -0.15) is 0 Å². The molecule has 2 atom stereocenters. The van der Waals surface area contributed by atoms with E-state index in [1.165, 1.54) is 0 Å². The predicted molar refractivity (Wildman–Crippen MR) is 61.6 cm³/mol. The molecule has 0 bridgehead atoms. The third kappa shape index (κ3) is 5.14. The minimum Gasteiger partial charge on any atom is -0.383 e. The highest BCUT2D eigenvalue weighted by Crippen LogP contribution is 2.09. The molecule has 4 heteroatoms. The second-order valence-electron chi connectivity index (χ2n) is 4.02. The Kier molecular flexibility index (Phi) is 7.34. The van der Waals surface area contributed by atoms with Crippen LogP contribution in [-0.2, 0) is 9.53 Å². The first kappa shape index (κ1) is 14.4. The molecule has 0 aromatic rings. The van der Waals surface area contributed by atoms with Gasteiger partial charge in [-0.25, -0.2) is 0 Å². The topological polar surface area (TPSA) is 55.6 Å². The van der Waals surface area contributed by atoms with Crippen molar-refractivity contribution in [2.24, 2.45) is 11.7 Å². The summed E-state index contributed by atoms with van der Waals surface area (Å²) in [6.07, 6.45) is 1.49. The molecule has 0 aliphatic rings. The summed E-state index contributed by atoms with van der Waals surface area (Å²) >= 11 is 0. The van der Waals surface area contributed by atoms with Gasteiger partial charge in [0.1, 0.15) is 0 Å². The van der Waals surface area contributed by atoms with Gasteiger partial charge in [0.05, 0.1) is 12.6 Å². The molecule has 15 heavy (non-hydrogen) atoms. The van der Waals surface area contributed by atoms with Gasteiger partial charge >= 0.3 is 0 Å². The van der Waals surface area contributed by atoms with Gasteiger partial charge in [0.25, 0.3) is 0 Å². The van der Waals surface area contributed by atoms with Gasteiger partial charge in [-0.1, -0.05) is 13.3 Å². The Morgan fingerprint density at radius 1 is 1.53 bits per heavy atom. The SMILES string of the molecule is CCC(CN)CC(=O)N(C)C(C)COC. The fraction of sp³-hybridized carbons (Fsp3) is 0.909. The first-order valence-corrected chi connectivity index (χ1v) is 5.51. The summed E-state index contributed by atoms with van der Waals surface area (Å²) < 4.78 is 5.01. The third-order valence-electron chi connectivity index (χ3n) is 2.84. The van der Waals surface area contributed by atoms with Crippen LogP contribution >= 0.6 is 0 Å². The molecule has 0 fully saturated rings. The molecule has 0 saturated heterocycles. The number of hydrogen-bond donors (Lipinski definition) is 1. The van der Waals surface area contributed by atoms with E-state index in [-0.39, 0.29) is 11.9 Å². The van der Waals surface area contributed by atoms with Crippen molar-refractivity contribution in [3.05, 3.63) is 0 Å². The lowest BCUT2D eigenvalue weighted by Gasteiger charge is -2.26. The second-order valence-corrected chi connectivity index (χ2v) is 4.02. The number of amides is 1. The largest absolute Gasteiger partial charge is 0.383 e. The first-order chi connectivity index (χ1) is 7.06. The standard InChI is InChI=1S/C11H24N2O2/c1-5-10(7-12)6-11(14)13(3)9(2)8-15-4/h9-10H,5-8,12H2,1-4H3. The van der Waals surface area contributed by atoms with Crippen molar-refractivity contribution in [3.63, 3.8) is 0 Å². The van der Waals surface area contributed by atoms with Crippen molar-refractivity contribution in [1.29, 1.82) is 0 Å². The van der Waals surface area contributed by atoms with Gasteiger partial charge in [0.2, 0.25) is 5.91 Å². The van der Waals surface area contributed by atoms with Crippen LogP contribution in [0.15, 0.2) is 0 Å². The molecule has 0 radical (unpaired) electrons. The van der Waals surface area contributed by atoms with E-state index >= 15 is 0 Å². The molecule has 0 aliphatic heterocycles. The molecule has 0 heterocycles. The number of carbonyl (C=O) groups excluding carboxylic acids is 1. The minimum absolute atomic E-state index is 0.123. The van der Waals surface area contributed by atoms with Crippen molar-refractivity contribution in [2.75, 3.05) is 27.3 Å². The van der Waals surface area contributed by atoms with Crippen LogP contribution in [0.2, 0.25) is 0 Å². The average molecular weight is 216 g/mol. The first-order valence-electron chi connectivity index (χ1n) is 5.51. The van der Waals surface area contributed by atoms with E-state index in [1.54, 1.807) is 12.0 Å². The second kappa shape index (κ2) is 7.65. The summed E-state index contributed by atoms with van der Waals surface area (Å²) in [4.78, 5) is 13.5. The van der Waals surface area contributed by atoms with E-state index in [0.29, 0.717) is 25.5 Å².